The van der Waals surface area contributed by atoms with Crippen LogP contribution in [0.4, 0.5) is 0 Å². The molecule has 4 aliphatic rings. The van der Waals surface area contributed by atoms with Crippen LogP contribution in [0.3, 0.4) is 0 Å². The number of aliphatic hydroxyl groups is 1. The first-order valence-corrected chi connectivity index (χ1v) is 8.37. The number of hydrogen-bond donors (Lipinski definition) is 1. The summed E-state index contributed by atoms with van der Waals surface area (Å²) in [5.74, 6) is 2.87. The topological polar surface area (TPSA) is 20.2 Å². The van der Waals surface area contributed by atoms with Gasteiger partial charge >= 0.3 is 0 Å². The Hall–Kier alpha value is -0.340. The quantitative estimate of drug-likeness (QED) is 0.855. The Balaban J connectivity index is 1.81. The maximum atomic E-state index is 9.70. The number of hydrogen-bond acceptors (Lipinski definition) is 1. The average Bonchev–Trinajstić information content (AvgIpc) is 2.37. The van der Waals surface area contributed by atoms with Crippen LogP contribution < -0.4 is 0 Å². The number of aliphatic hydroxyl groups excluding tert-OH is 1. The molecule has 0 aliphatic heterocycles. The van der Waals surface area contributed by atoms with E-state index in [9.17, 15) is 5.11 Å². The highest BCUT2D eigenvalue weighted by Gasteiger charge is 2.52. The van der Waals surface area contributed by atoms with E-state index in [0.29, 0.717) is 5.41 Å². The van der Waals surface area contributed by atoms with Gasteiger partial charge in [0.2, 0.25) is 0 Å². The fourth-order valence-electron chi connectivity index (χ4n) is 5.62. The molecule has 102 valence electrons. The van der Waals surface area contributed by atoms with Crippen molar-refractivity contribution < 1.29 is 5.11 Å². The molecule has 4 bridgehead atoms. The van der Waals surface area contributed by atoms with Gasteiger partial charge in [0.1, 0.15) is 0 Å². The van der Waals surface area contributed by atoms with Gasteiger partial charge in [-0.05, 0) is 85.0 Å². The Labute approximate surface area is 123 Å². The van der Waals surface area contributed by atoms with Gasteiger partial charge in [0.25, 0.3) is 0 Å². The lowest BCUT2D eigenvalue weighted by Crippen LogP contribution is -2.48. The summed E-state index contributed by atoms with van der Waals surface area (Å²) >= 11 is 3.62. The van der Waals surface area contributed by atoms with Crippen LogP contribution in [0.5, 0.6) is 0 Å². The summed E-state index contributed by atoms with van der Waals surface area (Å²) in [5.41, 5.74) is 2.99. The molecular weight excluding hydrogens is 300 g/mol. The molecule has 5 rings (SSSR count). The van der Waals surface area contributed by atoms with E-state index in [1.54, 1.807) is 0 Å². The molecule has 2 heteroatoms. The van der Waals surface area contributed by atoms with Crippen molar-refractivity contribution in [2.75, 3.05) is 0 Å². The van der Waals surface area contributed by atoms with Crippen molar-refractivity contribution >= 4 is 15.9 Å². The summed E-state index contributed by atoms with van der Waals surface area (Å²) in [6.45, 7) is 0.185. The first-order chi connectivity index (χ1) is 9.18. The van der Waals surface area contributed by atoms with Gasteiger partial charge < -0.3 is 5.11 Å². The maximum Gasteiger partial charge on any atom is 0.0684 e. The van der Waals surface area contributed by atoms with Crippen LogP contribution in [0.1, 0.15) is 49.7 Å². The molecule has 0 amide bonds. The normalized spacial score (nSPS) is 39.8. The molecule has 1 aromatic carbocycles. The fraction of sp³-hybridized carbons (Fsp3) is 0.647. The van der Waals surface area contributed by atoms with E-state index in [4.69, 9.17) is 0 Å². The molecule has 0 atom stereocenters. The SMILES string of the molecule is OCc1ccc(Br)cc1C12CC3CC(CC(C3)C1)C2. The summed E-state index contributed by atoms with van der Waals surface area (Å²) in [6.07, 6.45) is 8.51. The van der Waals surface area contributed by atoms with Crippen LogP contribution in [0.15, 0.2) is 22.7 Å². The monoisotopic (exact) mass is 320 g/mol. The zero-order chi connectivity index (χ0) is 13.0. The van der Waals surface area contributed by atoms with Crippen molar-refractivity contribution in [3.8, 4) is 0 Å². The second kappa shape index (κ2) is 4.33. The molecular formula is C17H21BrO. The first kappa shape index (κ1) is 12.4. The second-order valence-electron chi connectivity index (χ2n) is 7.16. The van der Waals surface area contributed by atoms with Crippen LogP contribution in [-0.4, -0.2) is 5.11 Å². The Morgan fingerprint density at radius 3 is 2.16 bits per heavy atom. The third-order valence-electron chi connectivity index (χ3n) is 5.85. The van der Waals surface area contributed by atoms with E-state index in [-0.39, 0.29) is 6.61 Å². The van der Waals surface area contributed by atoms with Gasteiger partial charge in [0.05, 0.1) is 6.61 Å². The second-order valence-corrected chi connectivity index (χ2v) is 8.07. The standard InChI is InChI=1S/C17H21BrO/c18-15-2-1-14(10-19)16(6-15)17-7-11-3-12(8-17)5-13(4-11)9-17/h1-2,6,11-13,19H,3-5,7-10H2. The molecule has 0 saturated heterocycles. The minimum Gasteiger partial charge on any atom is -0.392 e. The highest BCUT2D eigenvalue weighted by Crippen LogP contribution is 2.61. The molecule has 0 aromatic heterocycles. The van der Waals surface area contributed by atoms with Crippen molar-refractivity contribution in [2.45, 2.75) is 50.5 Å². The highest BCUT2D eigenvalue weighted by molar-refractivity contribution is 9.10. The minimum atomic E-state index is 0.185. The number of rotatable bonds is 2. The van der Waals surface area contributed by atoms with E-state index in [0.717, 1.165) is 27.8 Å². The van der Waals surface area contributed by atoms with E-state index in [1.807, 2.05) is 0 Å². The average molecular weight is 321 g/mol. The molecule has 19 heavy (non-hydrogen) atoms. The van der Waals surface area contributed by atoms with Gasteiger partial charge in [0.15, 0.2) is 0 Å². The minimum absolute atomic E-state index is 0.185. The van der Waals surface area contributed by atoms with Crippen molar-refractivity contribution in [3.05, 3.63) is 33.8 Å². The third-order valence-corrected chi connectivity index (χ3v) is 6.35. The number of halogens is 1. The summed E-state index contributed by atoms with van der Waals surface area (Å²) in [7, 11) is 0. The van der Waals surface area contributed by atoms with Crippen molar-refractivity contribution in [1.29, 1.82) is 0 Å². The van der Waals surface area contributed by atoms with Gasteiger partial charge in [-0.3, -0.25) is 0 Å². The van der Waals surface area contributed by atoms with Crippen LogP contribution in [-0.2, 0) is 12.0 Å². The predicted octanol–water partition coefficient (Wildman–Crippen LogP) is 4.41. The molecule has 1 aromatic rings. The molecule has 0 radical (unpaired) electrons. The molecule has 4 aliphatic carbocycles. The zero-order valence-electron chi connectivity index (χ0n) is 11.2. The fourth-order valence-corrected chi connectivity index (χ4v) is 5.98. The van der Waals surface area contributed by atoms with Gasteiger partial charge in [-0.1, -0.05) is 22.0 Å². The van der Waals surface area contributed by atoms with Crippen LogP contribution in [0, 0.1) is 17.8 Å². The Kier molecular flexibility index (Phi) is 2.82. The highest BCUT2D eigenvalue weighted by atomic mass is 79.9. The van der Waals surface area contributed by atoms with Crippen LogP contribution in [0.25, 0.3) is 0 Å². The van der Waals surface area contributed by atoms with Gasteiger partial charge in [-0.2, -0.15) is 0 Å². The maximum absolute atomic E-state index is 9.70. The molecule has 1 N–H and O–H groups in total. The lowest BCUT2D eigenvalue weighted by Gasteiger charge is -2.57. The molecule has 0 spiro atoms. The molecule has 4 saturated carbocycles. The van der Waals surface area contributed by atoms with Crippen molar-refractivity contribution in [1.82, 2.24) is 0 Å². The molecule has 4 fully saturated rings. The van der Waals surface area contributed by atoms with E-state index in [1.165, 1.54) is 44.1 Å². The molecule has 0 unspecified atom stereocenters. The first-order valence-electron chi connectivity index (χ1n) is 7.58. The predicted molar refractivity (Wildman–Crippen MR) is 79.9 cm³/mol. The Morgan fingerprint density at radius 2 is 1.63 bits per heavy atom. The van der Waals surface area contributed by atoms with Crippen molar-refractivity contribution in [3.63, 3.8) is 0 Å². The summed E-state index contributed by atoms with van der Waals surface area (Å²) < 4.78 is 1.16. The smallest absolute Gasteiger partial charge is 0.0684 e. The van der Waals surface area contributed by atoms with Crippen LogP contribution >= 0.6 is 15.9 Å². The lowest BCUT2D eigenvalue weighted by atomic mass is 9.47. The van der Waals surface area contributed by atoms with E-state index >= 15 is 0 Å². The molecule has 1 nitrogen and oxygen atoms in total. The van der Waals surface area contributed by atoms with Gasteiger partial charge in [0, 0.05) is 4.47 Å². The third kappa shape index (κ3) is 1.91. The summed E-state index contributed by atoms with van der Waals surface area (Å²) in [5, 5.41) is 9.70. The lowest BCUT2D eigenvalue weighted by molar-refractivity contribution is -0.00604. The van der Waals surface area contributed by atoms with E-state index in [2.05, 4.69) is 34.1 Å². The summed E-state index contributed by atoms with van der Waals surface area (Å²) in [6, 6.07) is 6.46. The number of benzene rings is 1. The van der Waals surface area contributed by atoms with Crippen molar-refractivity contribution in [2.24, 2.45) is 17.8 Å². The molecule has 0 heterocycles. The van der Waals surface area contributed by atoms with Gasteiger partial charge in [-0.25, -0.2) is 0 Å². The van der Waals surface area contributed by atoms with Crippen LogP contribution in [0.2, 0.25) is 0 Å². The van der Waals surface area contributed by atoms with E-state index < -0.39 is 0 Å². The largest absolute Gasteiger partial charge is 0.392 e. The Morgan fingerprint density at radius 1 is 1.05 bits per heavy atom. The van der Waals surface area contributed by atoms with Gasteiger partial charge in [-0.15, -0.1) is 0 Å². The zero-order valence-corrected chi connectivity index (χ0v) is 12.8. The summed E-state index contributed by atoms with van der Waals surface area (Å²) in [4.78, 5) is 0. The Bertz CT molecular complexity index is 473.